The predicted molar refractivity (Wildman–Crippen MR) is 91.8 cm³/mol. The summed E-state index contributed by atoms with van der Waals surface area (Å²) in [6, 6.07) is 8.11. The van der Waals surface area contributed by atoms with E-state index in [-0.39, 0.29) is 12.0 Å². The number of thiazole rings is 1. The van der Waals surface area contributed by atoms with Gasteiger partial charge in [-0.3, -0.25) is 4.79 Å². The summed E-state index contributed by atoms with van der Waals surface area (Å²) in [6.07, 6.45) is 6.61. The number of carbonyl (C=O) groups excluding carboxylic acids is 1. The summed E-state index contributed by atoms with van der Waals surface area (Å²) in [6.45, 7) is 1.65. The molecule has 1 amide bonds. The third kappa shape index (κ3) is 3.20. The summed E-state index contributed by atoms with van der Waals surface area (Å²) < 4.78 is 7.23. The van der Waals surface area contributed by atoms with Crippen LogP contribution in [0.1, 0.15) is 38.5 Å². The summed E-state index contributed by atoms with van der Waals surface area (Å²) in [5.74, 6) is 0.665. The van der Waals surface area contributed by atoms with Crippen LogP contribution >= 0.6 is 11.3 Å². The van der Waals surface area contributed by atoms with Gasteiger partial charge in [-0.15, -0.1) is 0 Å². The van der Waals surface area contributed by atoms with E-state index in [2.05, 4.69) is 11.1 Å². The molecule has 0 atom stereocenters. The molecule has 23 heavy (non-hydrogen) atoms. The fourth-order valence-corrected chi connectivity index (χ4v) is 4.55. The van der Waals surface area contributed by atoms with E-state index in [4.69, 9.17) is 4.74 Å². The maximum atomic E-state index is 12.5. The van der Waals surface area contributed by atoms with E-state index in [0.29, 0.717) is 5.91 Å². The number of rotatable bonds is 3. The van der Waals surface area contributed by atoms with Crippen molar-refractivity contribution in [3.05, 3.63) is 24.3 Å². The average molecular weight is 330 g/mol. The Morgan fingerprint density at radius 2 is 1.87 bits per heavy atom. The van der Waals surface area contributed by atoms with Crippen LogP contribution < -0.4 is 4.74 Å². The van der Waals surface area contributed by atoms with Gasteiger partial charge in [0.25, 0.3) is 5.19 Å². The molecule has 5 heteroatoms. The van der Waals surface area contributed by atoms with Gasteiger partial charge in [0.05, 0.1) is 10.2 Å². The lowest BCUT2D eigenvalue weighted by Gasteiger charge is -2.33. The fourth-order valence-electron chi connectivity index (χ4n) is 3.67. The van der Waals surface area contributed by atoms with Crippen LogP contribution in [0.3, 0.4) is 0 Å². The highest BCUT2D eigenvalue weighted by atomic mass is 32.1. The zero-order chi connectivity index (χ0) is 15.6. The molecule has 2 aliphatic rings. The number of aromatic nitrogens is 1. The van der Waals surface area contributed by atoms with Crippen molar-refractivity contribution in [1.82, 2.24) is 9.88 Å². The number of benzene rings is 1. The van der Waals surface area contributed by atoms with Gasteiger partial charge in [0.2, 0.25) is 5.91 Å². The highest BCUT2D eigenvalue weighted by Gasteiger charge is 2.30. The lowest BCUT2D eigenvalue weighted by Crippen LogP contribution is -2.43. The Balaban J connectivity index is 1.33. The Morgan fingerprint density at radius 1 is 1.13 bits per heavy atom. The quantitative estimate of drug-likeness (QED) is 0.858. The van der Waals surface area contributed by atoms with Crippen molar-refractivity contribution in [3.8, 4) is 5.19 Å². The number of ether oxygens (including phenoxy) is 1. The molecule has 0 N–H and O–H groups in total. The summed E-state index contributed by atoms with van der Waals surface area (Å²) in [4.78, 5) is 19.0. The number of para-hydroxylation sites is 1. The van der Waals surface area contributed by atoms with Crippen LogP contribution in [-0.2, 0) is 4.79 Å². The summed E-state index contributed by atoms with van der Waals surface area (Å²) >= 11 is 1.60. The molecule has 1 aromatic carbocycles. The molecule has 1 aliphatic carbocycles. The highest BCUT2D eigenvalue weighted by Crippen LogP contribution is 2.31. The minimum atomic E-state index is 0.184. The smallest absolute Gasteiger partial charge is 0.274 e. The normalized spacial score (nSPS) is 20.3. The van der Waals surface area contributed by atoms with Crippen molar-refractivity contribution in [2.24, 2.45) is 5.92 Å². The zero-order valence-electron chi connectivity index (χ0n) is 13.2. The number of hydrogen-bond acceptors (Lipinski definition) is 4. The van der Waals surface area contributed by atoms with Gasteiger partial charge in [0, 0.05) is 31.8 Å². The van der Waals surface area contributed by atoms with E-state index in [9.17, 15) is 4.79 Å². The molecule has 2 heterocycles. The lowest BCUT2D eigenvalue weighted by atomic mass is 10.0. The molecule has 2 fully saturated rings. The number of nitrogens with zero attached hydrogens (tertiary/aromatic N) is 2. The van der Waals surface area contributed by atoms with Gasteiger partial charge in [-0.05, 0) is 25.0 Å². The largest absolute Gasteiger partial charge is 0.467 e. The lowest BCUT2D eigenvalue weighted by molar-refractivity contribution is -0.137. The number of likely N-dealkylation sites (tertiary alicyclic amines) is 1. The van der Waals surface area contributed by atoms with Crippen molar-refractivity contribution in [2.45, 2.75) is 44.6 Å². The molecule has 1 aromatic heterocycles. The van der Waals surface area contributed by atoms with Gasteiger partial charge in [-0.1, -0.05) is 36.3 Å². The first kappa shape index (κ1) is 14.9. The summed E-state index contributed by atoms with van der Waals surface area (Å²) in [7, 11) is 0. The number of amides is 1. The van der Waals surface area contributed by atoms with E-state index < -0.39 is 0 Å². The number of piperidine rings is 1. The maximum Gasteiger partial charge on any atom is 0.274 e. The molecule has 2 aromatic rings. The third-order valence-corrected chi connectivity index (χ3v) is 5.93. The molecule has 0 bridgehead atoms. The molecule has 1 saturated carbocycles. The Bertz CT molecular complexity index is 652. The van der Waals surface area contributed by atoms with Gasteiger partial charge in [0.15, 0.2) is 0 Å². The van der Waals surface area contributed by atoms with E-state index in [1.165, 1.54) is 12.8 Å². The second-order valence-electron chi connectivity index (χ2n) is 6.57. The molecule has 4 rings (SSSR count). The molecule has 122 valence electrons. The molecule has 4 nitrogen and oxygen atoms in total. The summed E-state index contributed by atoms with van der Waals surface area (Å²) in [5.41, 5.74) is 1.00. The van der Waals surface area contributed by atoms with Crippen molar-refractivity contribution >= 4 is 27.5 Å². The third-order valence-electron chi connectivity index (χ3n) is 5.00. The summed E-state index contributed by atoms with van der Waals surface area (Å²) in [5, 5.41) is 0.756. The van der Waals surface area contributed by atoms with Crippen LogP contribution in [0, 0.1) is 5.92 Å². The number of fused-ring (bicyclic) bond motifs is 1. The van der Waals surface area contributed by atoms with Crippen molar-refractivity contribution in [3.63, 3.8) is 0 Å². The zero-order valence-corrected chi connectivity index (χ0v) is 14.1. The first-order chi connectivity index (χ1) is 11.3. The van der Waals surface area contributed by atoms with E-state index in [1.54, 1.807) is 11.3 Å². The van der Waals surface area contributed by atoms with E-state index in [0.717, 1.165) is 54.2 Å². The molecule has 1 saturated heterocycles. The van der Waals surface area contributed by atoms with Crippen LogP contribution in [0.2, 0.25) is 0 Å². The van der Waals surface area contributed by atoms with Crippen LogP contribution in [0.15, 0.2) is 24.3 Å². The van der Waals surface area contributed by atoms with Crippen LogP contribution in [0.4, 0.5) is 0 Å². The first-order valence-electron chi connectivity index (χ1n) is 8.60. The first-order valence-corrected chi connectivity index (χ1v) is 9.42. The van der Waals surface area contributed by atoms with Gasteiger partial charge >= 0.3 is 0 Å². The van der Waals surface area contributed by atoms with E-state index in [1.807, 2.05) is 23.1 Å². The van der Waals surface area contributed by atoms with Crippen molar-refractivity contribution < 1.29 is 9.53 Å². The minimum absolute atomic E-state index is 0.184. The highest BCUT2D eigenvalue weighted by molar-refractivity contribution is 7.20. The fraction of sp³-hybridized carbons (Fsp3) is 0.556. The molecular formula is C18H22N2O2S. The van der Waals surface area contributed by atoms with Crippen LogP contribution in [0.5, 0.6) is 5.19 Å². The van der Waals surface area contributed by atoms with Crippen LogP contribution in [-0.4, -0.2) is 35.0 Å². The minimum Gasteiger partial charge on any atom is -0.467 e. The van der Waals surface area contributed by atoms with Gasteiger partial charge in [0.1, 0.15) is 6.10 Å². The monoisotopic (exact) mass is 330 g/mol. The predicted octanol–water partition coefficient (Wildman–Crippen LogP) is 3.86. The molecule has 1 aliphatic heterocycles. The number of carbonyl (C=O) groups is 1. The Hall–Kier alpha value is -1.62. The SMILES string of the molecule is O=C(C1CCCC1)N1CCC(Oc2nc3ccccc3s2)CC1. The second-order valence-corrected chi connectivity index (χ2v) is 7.56. The molecule has 0 spiro atoms. The van der Waals surface area contributed by atoms with E-state index >= 15 is 0 Å². The Morgan fingerprint density at radius 3 is 2.61 bits per heavy atom. The molecular weight excluding hydrogens is 308 g/mol. The maximum absolute atomic E-state index is 12.5. The van der Waals surface area contributed by atoms with Gasteiger partial charge < -0.3 is 9.64 Å². The second kappa shape index (κ2) is 6.48. The van der Waals surface area contributed by atoms with Crippen molar-refractivity contribution in [2.75, 3.05) is 13.1 Å². The molecule has 0 radical (unpaired) electrons. The Kier molecular flexibility index (Phi) is 4.21. The molecule has 0 unspecified atom stereocenters. The topological polar surface area (TPSA) is 42.4 Å². The van der Waals surface area contributed by atoms with Gasteiger partial charge in [-0.2, -0.15) is 0 Å². The number of hydrogen-bond donors (Lipinski definition) is 0. The Labute approximate surface area is 140 Å². The van der Waals surface area contributed by atoms with Gasteiger partial charge in [-0.25, -0.2) is 4.98 Å². The van der Waals surface area contributed by atoms with Crippen LogP contribution in [0.25, 0.3) is 10.2 Å². The standard InChI is InChI=1S/C18H22N2O2S/c21-17(13-5-1-2-6-13)20-11-9-14(10-12-20)22-18-19-15-7-3-4-8-16(15)23-18/h3-4,7-8,13-14H,1-2,5-6,9-12H2. The van der Waals surface area contributed by atoms with Crippen molar-refractivity contribution in [1.29, 1.82) is 0 Å². The average Bonchev–Trinajstić information content (AvgIpc) is 3.24.